The minimum Gasteiger partial charge on any atom is -0.399 e. The third kappa shape index (κ3) is 8.38. The second kappa shape index (κ2) is 15.8. The van der Waals surface area contributed by atoms with Gasteiger partial charge in [-0.25, -0.2) is 0 Å². The molecule has 0 radical (unpaired) electrons. The van der Waals surface area contributed by atoms with Gasteiger partial charge in [0.25, 0.3) is 0 Å². The van der Waals surface area contributed by atoms with Crippen LogP contribution in [0.5, 0.6) is 0 Å². The standard InChI is InChI=1S/C23H19N.C16H11Br.C6H7N/c1-17-15-19-7-5-6-10-22(19)23(16-17)18-11-13-21(14-12-18)24-20-8-3-2-4-9-20;17-14-10-8-13(9-11-14)16-7-3-5-12-4-1-2-6-15(12)16;7-6-4-2-1-3-5-6/h2-16,24H,1H3;1-11H;1-5H,7H2/i2D,3D,4D,5D,6D,7D,8D,9D,15D,16D;1D,2D,3D,4D,5D,6D,7D;1D,2D,3D,4D,5D. The van der Waals surface area contributed by atoms with Gasteiger partial charge in [0.15, 0.2) is 0 Å². The van der Waals surface area contributed by atoms with Crippen molar-refractivity contribution in [3.05, 3.63) is 198 Å². The van der Waals surface area contributed by atoms with Crippen molar-refractivity contribution in [1.29, 1.82) is 0 Å². The van der Waals surface area contributed by atoms with Crippen molar-refractivity contribution in [1.82, 2.24) is 0 Å². The van der Waals surface area contributed by atoms with E-state index in [9.17, 15) is 0 Å². The zero-order valence-electron chi connectivity index (χ0n) is 47.2. The lowest BCUT2D eigenvalue weighted by molar-refractivity contribution is 1.49. The lowest BCUT2D eigenvalue weighted by Crippen LogP contribution is -1.90. The first-order valence-electron chi connectivity index (χ1n) is 25.2. The predicted molar refractivity (Wildman–Crippen MR) is 212 cm³/mol. The van der Waals surface area contributed by atoms with E-state index in [2.05, 4.69) is 21.2 Å². The molecule has 0 atom stereocenters. The van der Waals surface area contributed by atoms with Gasteiger partial charge < -0.3 is 11.1 Å². The first kappa shape index (κ1) is 15.1. The lowest BCUT2D eigenvalue weighted by Gasteiger charge is -2.11. The number of anilines is 3. The van der Waals surface area contributed by atoms with E-state index in [1.807, 2.05) is 0 Å². The van der Waals surface area contributed by atoms with Crippen LogP contribution in [0.3, 0.4) is 0 Å². The SMILES string of the molecule is [2H]c1c([2H])c([2H])c(N)c([2H])c1[2H].[2H]c1c([2H])c([2H])c2c(-c3ccc(Br)cc3)c([2H])c([2H])c([2H])c2c1[2H].[2H]c1cc2c(-c3ccc(Nc4c([2H])c([2H])c([2H])c([2H])c4[2H])cc3)c([2H])c(C)c([2H])c2c([2H])c1[2H]. The highest BCUT2D eigenvalue weighted by atomic mass is 79.9. The fourth-order valence-electron chi connectivity index (χ4n) is 4.43. The van der Waals surface area contributed by atoms with Crippen LogP contribution < -0.4 is 11.1 Å². The highest BCUT2D eigenvalue weighted by Gasteiger charge is 2.06. The molecule has 0 fully saturated rings. The van der Waals surface area contributed by atoms with E-state index in [0.29, 0.717) is 33.3 Å². The molecule has 8 aromatic rings. The molecule has 0 amide bonds. The van der Waals surface area contributed by atoms with E-state index >= 15 is 0 Å². The monoisotopic (exact) mass is 706 g/mol. The Morgan fingerprint density at radius 3 is 1.83 bits per heavy atom. The third-order valence-corrected chi connectivity index (χ3v) is 7.08. The second-order valence-electron chi connectivity index (χ2n) is 9.83. The van der Waals surface area contributed by atoms with E-state index in [0.717, 1.165) is 4.47 Å². The number of fused-ring (bicyclic) bond motifs is 2. The summed E-state index contributed by atoms with van der Waals surface area (Å²) < 4.78 is 174. The second-order valence-corrected chi connectivity index (χ2v) is 10.7. The number of nitrogen functional groups attached to an aromatic ring is 1. The topological polar surface area (TPSA) is 38.0 Å². The summed E-state index contributed by atoms with van der Waals surface area (Å²) in [5.41, 5.74) is 7.63. The number of halogens is 1. The zero-order chi connectivity index (χ0) is 52.3. The maximum Gasteiger partial charge on any atom is 0.0645 e. The first-order valence-corrected chi connectivity index (χ1v) is 15.0. The molecular formula is C45H37BrN2. The molecule has 0 saturated heterocycles. The van der Waals surface area contributed by atoms with Crippen molar-refractivity contribution < 1.29 is 30.2 Å². The molecule has 0 saturated carbocycles. The Morgan fingerprint density at radius 2 is 1.08 bits per heavy atom. The Labute approximate surface area is 322 Å². The molecule has 3 heteroatoms. The Hall–Kier alpha value is -5.64. The molecule has 234 valence electrons. The molecule has 2 nitrogen and oxygen atoms in total. The average Bonchev–Trinajstić information content (AvgIpc) is 3.34. The van der Waals surface area contributed by atoms with Crippen molar-refractivity contribution in [2.24, 2.45) is 0 Å². The van der Waals surface area contributed by atoms with Gasteiger partial charge in [-0.2, -0.15) is 0 Å². The largest absolute Gasteiger partial charge is 0.399 e. The number of para-hydroxylation sites is 2. The van der Waals surface area contributed by atoms with E-state index in [4.69, 9.17) is 35.9 Å². The number of benzene rings is 8. The van der Waals surface area contributed by atoms with Gasteiger partial charge in [0.05, 0.1) is 30.2 Å². The maximum absolute atomic E-state index is 8.59. The normalized spacial score (nSPS) is 16.8. The summed E-state index contributed by atoms with van der Waals surface area (Å²) in [5, 5.41) is 3.53. The molecule has 0 aliphatic rings. The summed E-state index contributed by atoms with van der Waals surface area (Å²) in [6, 6.07) is 7.93. The summed E-state index contributed by atoms with van der Waals surface area (Å²) in [6.45, 7) is 1.61. The molecule has 0 bridgehead atoms. The first-order chi connectivity index (χ1) is 32.7. The summed E-state index contributed by atoms with van der Waals surface area (Å²) >= 11 is 3.32. The number of hydrogen-bond donors (Lipinski definition) is 2. The summed E-state index contributed by atoms with van der Waals surface area (Å²) in [6.07, 6.45) is 0. The van der Waals surface area contributed by atoms with Gasteiger partial charge in [0.1, 0.15) is 0 Å². The van der Waals surface area contributed by atoms with Gasteiger partial charge in [0.2, 0.25) is 0 Å². The van der Waals surface area contributed by atoms with Crippen LogP contribution in [0.1, 0.15) is 35.7 Å². The van der Waals surface area contributed by atoms with Crippen molar-refractivity contribution >= 4 is 54.5 Å². The molecule has 0 spiro atoms. The maximum atomic E-state index is 8.59. The van der Waals surface area contributed by atoms with Crippen molar-refractivity contribution in [2.45, 2.75) is 6.92 Å². The predicted octanol–water partition coefficient (Wildman–Crippen LogP) is 13.1. The van der Waals surface area contributed by atoms with Crippen LogP contribution in [0.4, 0.5) is 17.1 Å². The van der Waals surface area contributed by atoms with Crippen molar-refractivity contribution in [3.8, 4) is 22.3 Å². The van der Waals surface area contributed by atoms with Gasteiger partial charge in [-0.3, -0.25) is 0 Å². The molecular weight excluding hydrogens is 648 g/mol. The highest BCUT2D eigenvalue weighted by molar-refractivity contribution is 9.10. The summed E-state index contributed by atoms with van der Waals surface area (Å²) in [7, 11) is 0. The molecule has 48 heavy (non-hydrogen) atoms. The van der Waals surface area contributed by atoms with E-state index in [1.54, 1.807) is 55.5 Å². The van der Waals surface area contributed by atoms with Crippen LogP contribution in [-0.4, -0.2) is 0 Å². The van der Waals surface area contributed by atoms with E-state index in [-0.39, 0.29) is 118 Å². The van der Waals surface area contributed by atoms with Crippen LogP contribution >= 0.6 is 15.9 Å². The number of hydrogen-bond acceptors (Lipinski definition) is 2. The Kier molecular flexibility index (Phi) is 4.95. The molecule has 3 N–H and O–H groups in total. The molecule has 0 aliphatic heterocycles. The van der Waals surface area contributed by atoms with Gasteiger partial charge in [0, 0.05) is 21.5 Å². The minimum absolute atomic E-state index is 0.0123. The van der Waals surface area contributed by atoms with E-state index < -0.39 is 48.3 Å². The van der Waals surface area contributed by atoms with Gasteiger partial charge in [-0.15, -0.1) is 0 Å². The van der Waals surface area contributed by atoms with Crippen molar-refractivity contribution in [3.63, 3.8) is 0 Å². The zero-order valence-corrected chi connectivity index (χ0v) is 26.7. The number of nitrogens with one attached hydrogen (secondary N) is 1. The quantitative estimate of drug-likeness (QED) is 0.179. The fourth-order valence-corrected chi connectivity index (χ4v) is 4.69. The average molecular weight is 708 g/mol. The van der Waals surface area contributed by atoms with Crippen LogP contribution in [0.15, 0.2) is 192 Å². The van der Waals surface area contributed by atoms with Crippen LogP contribution in [0.25, 0.3) is 43.8 Å². The third-order valence-electron chi connectivity index (χ3n) is 6.55. The summed E-state index contributed by atoms with van der Waals surface area (Å²) in [4.78, 5) is 0. The Bertz CT molecular complexity index is 3310. The fraction of sp³-hybridized carbons (Fsp3) is 0.0222. The highest BCUT2D eigenvalue weighted by Crippen LogP contribution is 2.32. The molecule has 0 heterocycles. The minimum atomic E-state index is -0.475. The molecule has 0 aliphatic carbocycles. The van der Waals surface area contributed by atoms with Crippen LogP contribution in [0.2, 0.25) is 0 Å². The van der Waals surface area contributed by atoms with Gasteiger partial charge >= 0.3 is 0 Å². The van der Waals surface area contributed by atoms with Crippen LogP contribution in [0, 0.1) is 6.92 Å². The Balaban J connectivity index is 0.000000193. The molecule has 0 aromatic heterocycles. The Morgan fingerprint density at radius 1 is 0.500 bits per heavy atom. The summed E-state index contributed by atoms with van der Waals surface area (Å²) in [5.74, 6) is 0. The smallest absolute Gasteiger partial charge is 0.0645 e. The van der Waals surface area contributed by atoms with Crippen molar-refractivity contribution in [2.75, 3.05) is 11.1 Å². The van der Waals surface area contributed by atoms with Crippen LogP contribution in [-0.2, 0) is 0 Å². The van der Waals surface area contributed by atoms with E-state index in [1.165, 1.54) is 6.07 Å². The molecule has 8 rings (SSSR count). The number of rotatable bonds is 4. The molecule has 8 aromatic carbocycles. The lowest BCUT2D eigenvalue weighted by atomic mass is 9.96. The van der Waals surface area contributed by atoms with Gasteiger partial charge in [-0.1, -0.05) is 155 Å². The molecule has 0 unspecified atom stereocenters. The number of nitrogens with two attached hydrogens (primary N) is 1. The van der Waals surface area contributed by atoms with Gasteiger partial charge in [-0.05, 0) is 105 Å².